The maximum Gasteiger partial charge on any atom is 0.288 e. The number of carbonyl (C=O) groups is 1. The van der Waals surface area contributed by atoms with E-state index in [1.54, 1.807) is 0 Å². The summed E-state index contributed by atoms with van der Waals surface area (Å²) in [5, 5.41) is 14.5. The maximum absolute atomic E-state index is 11.7. The molecular formula is C13H14ClN3O5S. The van der Waals surface area contributed by atoms with Crippen molar-refractivity contribution in [2.24, 2.45) is 11.0 Å². The summed E-state index contributed by atoms with van der Waals surface area (Å²) in [7, 11) is -3.02. The Morgan fingerprint density at radius 1 is 1.52 bits per heavy atom. The molecule has 1 heterocycles. The van der Waals surface area contributed by atoms with E-state index in [4.69, 9.17) is 11.6 Å². The lowest BCUT2D eigenvalue weighted by Crippen LogP contribution is -2.21. The fourth-order valence-corrected chi connectivity index (χ4v) is 4.32. The van der Waals surface area contributed by atoms with Crippen molar-refractivity contribution in [3.63, 3.8) is 0 Å². The van der Waals surface area contributed by atoms with Gasteiger partial charge in [-0.1, -0.05) is 17.7 Å². The van der Waals surface area contributed by atoms with Gasteiger partial charge in [0.1, 0.15) is 5.02 Å². The van der Waals surface area contributed by atoms with Crippen LogP contribution in [0.25, 0.3) is 0 Å². The zero-order valence-corrected chi connectivity index (χ0v) is 13.5. The number of sulfone groups is 1. The van der Waals surface area contributed by atoms with E-state index < -0.39 is 20.7 Å². The van der Waals surface area contributed by atoms with Gasteiger partial charge in [0.2, 0.25) is 5.91 Å². The normalized spacial score (nSPS) is 19.8. The predicted octanol–water partition coefficient (Wildman–Crippen LogP) is 1.52. The van der Waals surface area contributed by atoms with Crippen LogP contribution in [-0.4, -0.2) is 37.0 Å². The number of amides is 1. The molecule has 1 aromatic carbocycles. The lowest BCUT2D eigenvalue weighted by atomic mass is 10.1. The van der Waals surface area contributed by atoms with Gasteiger partial charge in [0.25, 0.3) is 5.69 Å². The highest BCUT2D eigenvalue weighted by atomic mass is 35.5. The molecule has 1 amide bonds. The van der Waals surface area contributed by atoms with Crippen molar-refractivity contribution < 1.29 is 18.1 Å². The number of hydrazone groups is 1. The number of benzene rings is 1. The molecule has 2 rings (SSSR count). The van der Waals surface area contributed by atoms with Crippen LogP contribution in [0.15, 0.2) is 23.3 Å². The molecule has 0 saturated carbocycles. The third kappa shape index (κ3) is 5.00. The summed E-state index contributed by atoms with van der Waals surface area (Å²) in [6, 6.07) is 4.13. The first-order valence-corrected chi connectivity index (χ1v) is 8.93. The molecule has 23 heavy (non-hydrogen) atoms. The summed E-state index contributed by atoms with van der Waals surface area (Å²) in [6.07, 6.45) is 1.81. The monoisotopic (exact) mass is 359 g/mol. The van der Waals surface area contributed by atoms with E-state index in [1.165, 1.54) is 24.4 Å². The van der Waals surface area contributed by atoms with E-state index in [-0.39, 0.29) is 34.6 Å². The number of halogens is 1. The molecule has 1 atom stereocenters. The zero-order chi connectivity index (χ0) is 17.0. The van der Waals surface area contributed by atoms with Crippen molar-refractivity contribution in [3.05, 3.63) is 38.9 Å². The molecule has 10 heteroatoms. The van der Waals surface area contributed by atoms with Crippen molar-refractivity contribution in [2.45, 2.75) is 12.8 Å². The van der Waals surface area contributed by atoms with Crippen LogP contribution in [0.3, 0.4) is 0 Å². The predicted molar refractivity (Wildman–Crippen MR) is 85.2 cm³/mol. The lowest BCUT2D eigenvalue weighted by molar-refractivity contribution is -0.384. The molecule has 0 unspecified atom stereocenters. The summed E-state index contributed by atoms with van der Waals surface area (Å²) < 4.78 is 22.6. The molecule has 1 saturated heterocycles. The SMILES string of the molecule is O=C(C[C@@H]1CCS(=O)(=O)C1)N/N=C\c1ccc(Cl)c([N+](=O)[O-])c1. The van der Waals surface area contributed by atoms with Gasteiger partial charge in [0.05, 0.1) is 22.6 Å². The first-order chi connectivity index (χ1) is 10.8. The molecule has 8 nitrogen and oxygen atoms in total. The van der Waals surface area contributed by atoms with Gasteiger partial charge in [-0.3, -0.25) is 14.9 Å². The Bertz CT molecular complexity index is 763. The van der Waals surface area contributed by atoms with E-state index in [0.29, 0.717) is 12.0 Å². The summed E-state index contributed by atoms with van der Waals surface area (Å²) in [5.41, 5.74) is 2.44. The molecule has 0 spiro atoms. The molecule has 1 aliphatic heterocycles. The molecule has 1 aliphatic rings. The number of carbonyl (C=O) groups excluding carboxylic acids is 1. The highest BCUT2D eigenvalue weighted by Crippen LogP contribution is 2.24. The number of nitro groups is 1. The van der Waals surface area contributed by atoms with Crippen LogP contribution in [0, 0.1) is 16.0 Å². The van der Waals surface area contributed by atoms with Crippen molar-refractivity contribution in [2.75, 3.05) is 11.5 Å². The molecule has 124 valence electrons. The topological polar surface area (TPSA) is 119 Å². The molecule has 1 N–H and O–H groups in total. The molecule has 0 radical (unpaired) electrons. The van der Waals surface area contributed by atoms with Gasteiger partial charge in [-0.05, 0) is 18.4 Å². The second-order valence-corrected chi connectivity index (χ2v) is 7.87. The van der Waals surface area contributed by atoms with Crippen LogP contribution >= 0.6 is 11.6 Å². The third-order valence-corrected chi connectivity index (χ3v) is 5.53. The molecular weight excluding hydrogens is 346 g/mol. The van der Waals surface area contributed by atoms with E-state index in [0.717, 1.165) is 0 Å². The highest BCUT2D eigenvalue weighted by Gasteiger charge is 2.29. The number of hydrogen-bond acceptors (Lipinski definition) is 6. The number of hydrogen-bond donors (Lipinski definition) is 1. The van der Waals surface area contributed by atoms with Gasteiger partial charge in [0, 0.05) is 18.1 Å². The van der Waals surface area contributed by atoms with E-state index >= 15 is 0 Å². The number of nitrogens with one attached hydrogen (secondary N) is 1. The fraction of sp³-hybridized carbons (Fsp3) is 0.385. The van der Waals surface area contributed by atoms with Gasteiger partial charge in [-0.2, -0.15) is 5.10 Å². The van der Waals surface area contributed by atoms with Crippen LogP contribution in [0.5, 0.6) is 0 Å². The summed E-state index contributed by atoms with van der Waals surface area (Å²) in [5.74, 6) is -0.450. The molecule has 0 aromatic heterocycles. The first kappa shape index (κ1) is 17.4. The van der Waals surface area contributed by atoms with E-state index in [9.17, 15) is 23.3 Å². The molecule has 1 aromatic rings. The van der Waals surface area contributed by atoms with Crippen molar-refractivity contribution >= 4 is 39.2 Å². The van der Waals surface area contributed by atoms with Gasteiger partial charge in [-0.25, -0.2) is 13.8 Å². The Morgan fingerprint density at radius 2 is 2.26 bits per heavy atom. The van der Waals surface area contributed by atoms with Crippen molar-refractivity contribution in [1.29, 1.82) is 0 Å². The van der Waals surface area contributed by atoms with Crippen molar-refractivity contribution in [1.82, 2.24) is 5.43 Å². The Balaban J connectivity index is 1.90. The fourth-order valence-electron chi connectivity index (χ4n) is 2.27. The zero-order valence-electron chi connectivity index (χ0n) is 11.9. The van der Waals surface area contributed by atoms with Crippen LogP contribution in [0.2, 0.25) is 5.02 Å². The van der Waals surface area contributed by atoms with Crippen LogP contribution in [0.4, 0.5) is 5.69 Å². The Labute approximate surface area is 137 Å². The van der Waals surface area contributed by atoms with Crippen molar-refractivity contribution in [3.8, 4) is 0 Å². The number of rotatable bonds is 5. The average Bonchev–Trinajstić information content (AvgIpc) is 2.79. The standard InChI is InChI=1S/C13H14ClN3O5S/c14-11-2-1-9(5-12(11)17(19)20)7-15-16-13(18)6-10-3-4-23(21,22)8-10/h1-2,5,7,10H,3-4,6,8H2,(H,16,18)/b15-7-/t10-/m0/s1. The first-order valence-electron chi connectivity index (χ1n) is 6.73. The smallest absolute Gasteiger partial charge is 0.273 e. The lowest BCUT2D eigenvalue weighted by Gasteiger charge is -2.05. The van der Waals surface area contributed by atoms with Crippen LogP contribution in [0.1, 0.15) is 18.4 Å². The summed E-state index contributed by atoms with van der Waals surface area (Å²) in [6.45, 7) is 0. The van der Waals surface area contributed by atoms with Crippen LogP contribution in [-0.2, 0) is 14.6 Å². The number of nitro benzene ring substituents is 1. The Kier molecular flexibility index (Phi) is 5.32. The summed E-state index contributed by atoms with van der Waals surface area (Å²) in [4.78, 5) is 21.8. The summed E-state index contributed by atoms with van der Waals surface area (Å²) >= 11 is 5.69. The van der Waals surface area contributed by atoms with Crippen LogP contribution < -0.4 is 5.43 Å². The van der Waals surface area contributed by atoms with Gasteiger partial charge in [-0.15, -0.1) is 0 Å². The maximum atomic E-state index is 11.7. The minimum Gasteiger partial charge on any atom is -0.273 e. The quantitative estimate of drug-likeness (QED) is 0.485. The molecule has 0 bridgehead atoms. The van der Waals surface area contributed by atoms with Gasteiger partial charge in [0.15, 0.2) is 9.84 Å². The van der Waals surface area contributed by atoms with Gasteiger partial charge < -0.3 is 0 Å². The third-order valence-electron chi connectivity index (χ3n) is 3.37. The molecule has 0 aliphatic carbocycles. The molecule has 1 fully saturated rings. The number of nitrogens with zero attached hydrogens (tertiary/aromatic N) is 2. The highest BCUT2D eigenvalue weighted by molar-refractivity contribution is 7.91. The van der Waals surface area contributed by atoms with E-state index in [2.05, 4.69) is 10.5 Å². The van der Waals surface area contributed by atoms with Gasteiger partial charge >= 0.3 is 0 Å². The Morgan fingerprint density at radius 3 is 2.87 bits per heavy atom. The second kappa shape index (κ2) is 7.05. The van der Waals surface area contributed by atoms with E-state index in [1.807, 2.05) is 0 Å². The average molecular weight is 360 g/mol. The Hall–Kier alpha value is -2.00. The largest absolute Gasteiger partial charge is 0.288 e. The minimum atomic E-state index is -3.02. The second-order valence-electron chi connectivity index (χ2n) is 5.23. The minimum absolute atomic E-state index is 0.0126.